The summed E-state index contributed by atoms with van der Waals surface area (Å²) in [5.41, 5.74) is 0.901. The van der Waals surface area contributed by atoms with Crippen molar-refractivity contribution in [2.75, 3.05) is 0 Å². The minimum Gasteiger partial charge on any atom is -0.469 e. The van der Waals surface area contributed by atoms with Crippen LogP contribution in [0.2, 0.25) is 0 Å². The van der Waals surface area contributed by atoms with Crippen molar-refractivity contribution in [2.24, 2.45) is 5.92 Å². The number of rotatable bonds is 4. The van der Waals surface area contributed by atoms with Crippen LogP contribution in [0.4, 0.5) is 0 Å². The largest absolute Gasteiger partial charge is 0.469 e. The molecule has 0 aliphatic carbocycles. The zero-order valence-corrected chi connectivity index (χ0v) is 8.58. The van der Waals surface area contributed by atoms with E-state index in [1.807, 2.05) is 13.0 Å². The van der Waals surface area contributed by atoms with E-state index in [1.54, 1.807) is 6.26 Å². The van der Waals surface area contributed by atoms with Gasteiger partial charge in [0, 0.05) is 5.56 Å². The summed E-state index contributed by atoms with van der Waals surface area (Å²) >= 11 is 0. The third kappa shape index (κ3) is 2.59. The predicted octanol–water partition coefficient (Wildman–Crippen LogP) is 3.06. The number of aliphatic hydroxyl groups is 1. The molecule has 0 amide bonds. The van der Waals surface area contributed by atoms with Crippen molar-refractivity contribution in [3.05, 3.63) is 23.7 Å². The minimum atomic E-state index is -0.377. The molecular formula is C11H18O2. The number of aryl methyl sites for hydroxylation is 1. The first-order valence-electron chi connectivity index (χ1n) is 4.88. The van der Waals surface area contributed by atoms with Gasteiger partial charge in [-0.2, -0.15) is 0 Å². The van der Waals surface area contributed by atoms with Crippen molar-refractivity contribution in [1.82, 2.24) is 0 Å². The van der Waals surface area contributed by atoms with Gasteiger partial charge in [-0.3, -0.25) is 0 Å². The number of hydrogen-bond acceptors (Lipinski definition) is 2. The van der Waals surface area contributed by atoms with Crippen LogP contribution in [0.5, 0.6) is 0 Å². The van der Waals surface area contributed by atoms with Gasteiger partial charge in [0.15, 0.2) is 0 Å². The van der Waals surface area contributed by atoms with Gasteiger partial charge in [-0.05, 0) is 25.3 Å². The van der Waals surface area contributed by atoms with Gasteiger partial charge in [0.2, 0.25) is 0 Å². The van der Waals surface area contributed by atoms with Gasteiger partial charge in [0.1, 0.15) is 5.76 Å². The molecule has 2 unspecified atom stereocenters. The van der Waals surface area contributed by atoms with Crippen LogP contribution in [0.1, 0.15) is 44.1 Å². The lowest BCUT2D eigenvalue weighted by atomic mass is 9.95. The summed E-state index contributed by atoms with van der Waals surface area (Å²) < 4.78 is 5.15. The lowest BCUT2D eigenvalue weighted by Gasteiger charge is -2.16. The van der Waals surface area contributed by atoms with Crippen molar-refractivity contribution in [3.63, 3.8) is 0 Å². The van der Waals surface area contributed by atoms with Gasteiger partial charge >= 0.3 is 0 Å². The summed E-state index contributed by atoms with van der Waals surface area (Å²) in [6.07, 6.45) is 3.42. The lowest BCUT2D eigenvalue weighted by Crippen LogP contribution is -2.07. The second-order valence-electron chi connectivity index (χ2n) is 3.70. The van der Waals surface area contributed by atoms with Crippen molar-refractivity contribution in [1.29, 1.82) is 0 Å². The van der Waals surface area contributed by atoms with Crippen LogP contribution in [0, 0.1) is 12.8 Å². The molecule has 1 rings (SSSR count). The quantitative estimate of drug-likeness (QED) is 0.776. The topological polar surface area (TPSA) is 33.4 Å². The zero-order chi connectivity index (χ0) is 9.84. The Morgan fingerprint density at radius 2 is 2.23 bits per heavy atom. The molecule has 0 aliphatic rings. The fourth-order valence-corrected chi connectivity index (χ4v) is 1.56. The van der Waals surface area contributed by atoms with Gasteiger partial charge < -0.3 is 9.52 Å². The SMILES string of the molecule is CCCC(C)C(O)c1coc(C)c1. The fraction of sp³-hybridized carbons (Fsp3) is 0.636. The van der Waals surface area contributed by atoms with Crippen LogP contribution in [0.15, 0.2) is 16.7 Å². The van der Waals surface area contributed by atoms with Crippen molar-refractivity contribution >= 4 is 0 Å². The van der Waals surface area contributed by atoms with Crippen molar-refractivity contribution in [3.8, 4) is 0 Å². The molecule has 13 heavy (non-hydrogen) atoms. The summed E-state index contributed by atoms with van der Waals surface area (Å²) in [6, 6.07) is 1.90. The molecule has 2 atom stereocenters. The van der Waals surface area contributed by atoms with Gasteiger partial charge in [0.05, 0.1) is 12.4 Å². The molecule has 0 saturated heterocycles. The van der Waals surface area contributed by atoms with E-state index in [-0.39, 0.29) is 6.10 Å². The maximum Gasteiger partial charge on any atom is 0.101 e. The first kappa shape index (κ1) is 10.3. The van der Waals surface area contributed by atoms with Crippen LogP contribution in [-0.4, -0.2) is 5.11 Å². The average Bonchev–Trinajstić information content (AvgIpc) is 2.51. The summed E-state index contributed by atoms with van der Waals surface area (Å²) in [5.74, 6) is 1.17. The molecule has 74 valence electrons. The molecule has 0 fully saturated rings. The Morgan fingerprint density at radius 3 is 2.69 bits per heavy atom. The third-order valence-electron chi connectivity index (χ3n) is 2.38. The Hall–Kier alpha value is -0.760. The molecule has 0 spiro atoms. The Kier molecular flexibility index (Phi) is 3.55. The first-order chi connectivity index (χ1) is 6.15. The van der Waals surface area contributed by atoms with Crippen molar-refractivity contribution < 1.29 is 9.52 Å². The van der Waals surface area contributed by atoms with Gasteiger partial charge in [-0.15, -0.1) is 0 Å². The second-order valence-corrected chi connectivity index (χ2v) is 3.70. The number of furan rings is 1. The molecule has 1 N–H and O–H groups in total. The van der Waals surface area contributed by atoms with Crippen LogP contribution in [0.25, 0.3) is 0 Å². The highest BCUT2D eigenvalue weighted by atomic mass is 16.3. The summed E-state index contributed by atoms with van der Waals surface area (Å²) in [7, 11) is 0. The molecule has 1 heterocycles. The summed E-state index contributed by atoms with van der Waals surface area (Å²) in [4.78, 5) is 0. The highest BCUT2D eigenvalue weighted by molar-refractivity contribution is 5.15. The van der Waals surface area contributed by atoms with Crippen LogP contribution < -0.4 is 0 Å². The smallest absolute Gasteiger partial charge is 0.101 e. The molecule has 2 nitrogen and oxygen atoms in total. The van der Waals surface area contributed by atoms with E-state index >= 15 is 0 Å². The van der Waals surface area contributed by atoms with Crippen LogP contribution in [0.3, 0.4) is 0 Å². The Balaban J connectivity index is 2.61. The van der Waals surface area contributed by atoms with Crippen LogP contribution in [-0.2, 0) is 0 Å². The Labute approximate surface area is 79.6 Å². The van der Waals surface area contributed by atoms with Crippen LogP contribution >= 0.6 is 0 Å². The van der Waals surface area contributed by atoms with E-state index in [1.165, 1.54) is 0 Å². The normalized spacial score (nSPS) is 15.7. The van der Waals surface area contributed by atoms with Crippen molar-refractivity contribution in [2.45, 2.75) is 39.7 Å². The van der Waals surface area contributed by atoms with E-state index < -0.39 is 0 Å². The van der Waals surface area contributed by atoms with E-state index in [4.69, 9.17) is 4.42 Å². The van der Waals surface area contributed by atoms with Gasteiger partial charge in [-0.25, -0.2) is 0 Å². The van der Waals surface area contributed by atoms with E-state index in [0.29, 0.717) is 5.92 Å². The second kappa shape index (κ2) is 4.47. The van der Waals surface area contributed by atoms with Gasteiger partial charge in [-0.1, -0.05) is 20.3 Å². The number of hydrogen-bond donors (Lipinski definition) is 1. The summed E-state index contributed by atoms with van der Waals surface area (Å²) in [5, 5.41) is 9.87. The molecule has 0 saturated carbocycles. The third-order valence-corrected chi connectivity index (χ3v) is 2.38. The predicted molar refractivity (Wildman–Crippen MR) is 52.5 cm³/mol. The highest BCUT2D eigenvalue weighted by Crippen LogP contribution is 2.26. The molecule has 0 bridgehead atoms. The fourth-order valence-electron chi connectivity index (χ4n) is 1.56. The van der Waals surface area contributed by atoms with E-state index in [9.17, 15) is 5.11 Å². The molecule has 2 heteroatoms. The van der Waals surface area contributed by atoms with E-state index in [0.717, 1.165) is 24.2 Å². The molecule has 1 aromatic heterocycles. The van der Waals surface area contributed by atoms with E-state index in [2.05, 4.69) is 13.8 Å². The first-order valence-corrected chi connectivity index (χ1v) is 4.88. The highest BCUT2D eigenvalue weighted by Gasteiger charge is 2.16. The number of aliphatic hydroxyl groups excluding tert-OH is 1. The van der Waals surface area contributed by atoms with Gasteiger partial charge in [0.25, 0.3) is 0 Å². The Bertz CT molecular complexity index is 252. The molecule has 0 aliphatic heterocycles. The molecular weight excluding hydrogens is 164 g/mol. The Morgan fingerprint density at radius 1 is 1.54 bits per heavy atom. The summed E-state index contributed by atoms with van der Waals surface area (Å²) in [6.45, 7) is 6.08. The minimum absolute atomic E-state index is 0.307. The molecule has 1 aromatic rings. The maximum absolute atomic E-state index is 9.87. The average molecular weight is 182 g/mol. The molecule has 0 radical (unpaired) electrons. The monoisotopic (exact) mass is 182 g/mol. The zero-order valence-electron chi connectivity index (χ0n) is 8.58. The maximum atomic E-state index is 9.87. The standard InChI is InChI=1S/C11H18O2/c1-4-5-8(2)11(12)10-6-9(3)13-7-10/h6-8,11-12H,4-5H2,1-3H3. The molecule has 0 aromatic carbocycles. The lowest BCUT2D eigenvalue weighted by molar-refractivity contribution is 0.111.